The molecule has 0 aliphatic rings. The highest BCUT2D eigenvalue weighted by Crippen LogP contribution is 2.35. The molecule has 2 rings (SSSR count). The van der Waals surface area contributed by atoms with Gasteiger partial charge in [0.25, 0.3) is 0 Å². The zero-order valence-corrected chi connectivity index (χ0v) is 25.8. The van der Waals surface area contributed by atoms with Crippen LogP contribution < -0.4 is 26.8 Å². The molecule has 0 fully saturated rings. The topological polar surface area (TPSA) is 180 Å². The summed E-state index contributed by atoms with van der Waals surface area (Å²) in [4.78, 5) is 26.0. The summed E-state index contributed by atoms with van der Waals surface area (Å²) < 4.78 is 30.8. The molecule has 1 unspecified atom stereocenters. The first-order valence-corrected chi connectivity index (χ1v) is 15.5. The van der Waals surface area contributed by atoms with Gasteiger partial charge in [0.1, 0.15) is 12.1 Å². The molecule has 8 N–H and O–H groups in total. The maximum Gasteiger partial charge on any atom is 0.241 e. The lowest BCUT2D eigenvalue weighted by Crippen LogP contribution is -2.53. The Balaban J connectivity index is 2.48. The summed E-state index contributed by atoms with van der Waals surface area (Å²) in [7, 11) is -4.18. The number of amides is 2. The fraction of sp³-hybridized carbons (Fsp3) is 0.500. The van der Waals surface area contributed by atoms with Gasteiger partial charge in [0.2, 0.25) is 21.8 Å². The molecule has 2 amide bonds. The number of hydrogen-bond donors (Lipinski definition) is 6. The monoisotopic (exact) mass is 586 g/mol. The van der Waals surface area contributed by atoms with Gasteiger partial charge in [-0.1, -0.05) is 84.0 Å². The summed E-state index contributed by atoms with van der Waals surface area (Å²) in [6, 6.07) is 10.7. The molecule has 41 heavy (non-hydrogen) atoms. The van der Waals surface area contributed by atoms with Gasteiger partial charge in [-0.2, -0.15) is 4.72 Å². The molecule has 10 nitrogen and oxygen atoms in total. The fourth-order valence-corrected chi connectivity index (χ4v) is 6.49. The first-order chi connectivity index (χ1) is 19.1. The maximum absolute atomic E-state index is 14.1. The molecule has 0 spiro atoms. The second-order valence-corrected chi connectivity index (χ2v) is 13.0. The Morgan fingerprint density at radius 3 is 1.90 bits per heavy atom. The van der Waals surface area contributed by atoms with Crippen molar-refractivity contribution in [2.45, 2.75) is 95.5 Å². The average molecular weight is 587 g/mol. The second-order valence-electron chi connectivity index (χ2n) is 11.3. The van der Waals surface area contributed by atoms with E-state index in [9.17, 15) is 18.0 Å². The van der Waals surface area contributed by atoms with Gasteiger partial charge in [-0.15, -0.1) is 0 Å². The van der Waals surface area contributed by atoms with Crippen molar-refractivity contribution < 1.29 is 18.0 Å². The van der Waals surface area contributed by atoms with Crippen LogP contribution in [0.15, 0.2) is 47.4 Å². The molecule has 2 aromatic rings. The molecule has 0 bridgehead atoms. The zero-order valence-electron chi connectivity index (χ0n) is 25.0. The molecule has 0 saturated carbocycles. The highest BCUT2D eigenvalue weighted by atomic mass is 32.2. The number of carbonyl (C=O) groups excluding carboxylic acids is 2. The summed E-state index contributed by atoms with van der Waals surface area (Å²) in [5.41, 5.74) is 14.2. The smallest absolute Gasteiger partial charge is 0.241 e. The lowest BCUT2D eigenvalue weighted by Gasteiger charge is -2.26. The molecular formula is C30H46N6O4S. The average Bonchev–Trinajstić information content (AvgIpc) is 2.89. The van der Waals surface area contributed by atoms with Crippen LogP contribution in [0.4, 0.5) is 0 Å². The van der Waals surface area contributed by atoms with Crippen molar-refractivity contribution in [3.8, 4) is 0 Å². The standard InChI is InChI=1S/C30H46N6O4S/c1-18(2)22-16-23(19(3)4)27(24(17-22)20(5)6)41(39,40)36-25(13-10-14-34-30(32)33)29(38)35-26(28(31)37)15-21-11-8-7-9-12-21/h7-9,11-12,16-20,25-26,36H,10,13-15H2,1-6H3,(H2,31,37)(H,35,38)(H4,32,33,34)/t25-,26?/m0/s1. The van der Waals surface area contributed by atoms with Crippen molar-refractivity contribution in [1.82, 2.24) is 15.4 Å². The van der Waals surface area contributed by atoms with Crippen molar-refractivity contribution in [2.75, 3.05) is 6.54 Å². The van der Waals surface area contributed by atoms with Crippen LogP contribution in [0.2, 0.25) is 0 Å². The van der Waals surface area contributed by atoms with Crippen molar-refractivity contribution in [3.05, 3.63) is 64.7 Å². The van der Waals surface area contributed by atoms with E-state index in [0.717, 1.165) is 11.1 Å². The van der Waals surface area contributed by atoms with E-state index in [1.165, 1.54) is 0 Å². The van der Waals surface area contributed by atoms with Crippen LogP contribution in [-0.2, 0) is 26.0 Å². The third-order valence-electron chi connectivity index (χ3n) is 6.89. The predicted molar refractivity (Wildman–Crippen MR) is 163 cm³/mol. The van der Waals surface area contributed by atoms with Crippen molar-refractivity contribution >= 4 is 27.8 Å². The minimum Gasteiger partial charge on any atom is -0.370 e. The van der Waals surface area contributed by atoms with Crippen LogP contribution in [0.25, 0.3) is 0 Å². The zero-order chi connectivity index (χ0) is 30.9. The molecule has 2 aromatic carbocycles. The van der Waals surface area contributed by atoms with Crippen LogP contribution >= 0.6 is 0 Å². The normalized spacial score (nSPS) is 13.3. The third kappa shape index (κ3) is 9.86. The summed E-state index contributed by atoms with van der Waals surface area (Å²) in [6.07, 6.45) is 0.597. The second kappa shape index (κ2) is 15.0. The Morgan fingerprint density at radius 2 is 1.44 bits per heavy atom. The molecule has 2 atom stereocenters. The van der Waals surface area contributed by atoms with Crippen LogP contribution in [0.1, 0.15) is 94.4 Å². The maximum atomic E-state index is 14.1. The SMILES string of the molecule is CC(C)c1cc(C(C)C)c(S(=O)(=O)N[C@@H](CCCNC(=N)N)C(=O)NC(Cc2ccccc2)C(N)=O)c(C(C)C)c1. The van der Waals surface area contributed by atoms with Crippen LogP contribution in [-0.4, -0.2) is 44.8 Å². The number of nitrogens with one attached hydrogen (secondary N) is 4. The van der Waals surface area contributed by atoms with Gasteiger partial charge >= 0.3 is 0 Å². The molecule has 226 valence electrons. The minimum atomic E-state index is -4.18. The van der Waals surface area contributed by atoms with E-state index in [1.807, 2.05) is 70.2 Å². The summed E-state index contributed by atoms with van der Waals surface area (Å²) in [5, 5.41) is 12.7. The van der Waals surface area contributed by atoms with Crippen LogP contribution in [0, 0.1) is 5.41 Å². The molecule has 0 heterocycles. The Bertz CT molecular complexity index is 1280. The van der Waals surface area contributed by atoms with Gasteiger partial charge in [-0.25, -0.2) is 8.42 Å². The Kier molecular flexibility index (Phi) is 12.3. The highest BCUT2D eigenvalue weighted by Gasteiger charge is 2.32. The van der Waals surface area contributed by atoms with Crippen molar-refractivity contribution in [2.24, 2.45) is 11.5 Å². The molecular weight excluding hydrogens is 540 g/mol. The van der Waals surface area contributed by atoms with E-state index in [0.29, 0.717) is 17.5 Å². The number of primary amides is 1. The number of rotatable bonds is 15. The Labute approximate surface area is 244 Å². The van der Waals surface area contributed by atoms with E-state index < -0.39 is 33.9 Å². The van der Waals surface area contributed by atoms with Gasteiger partial charge in [-0.3, -0.25) is 15.0 Å². The van der Waals surface area contributed by atoms with E-state index >= 15 is 0 Å². The first-order valence-electron chi connectivity index (χ1n) is 14.1. The number of nitrogens with two attached hydrogens (primary N) is 2. The van der Waals surface area contributed by atoms with E-state index in [1.54, 1.807) is 0 Å². The minimum absolute atomic E-state index is 0.0880. The van der Waals surface area contributed by atoms with E-state index in [-0.39, 0.29) is 48.0 Å². The molecule has 0 aromatic heterocycles. The van der Waals surface area contributed by atoms with Crippen molar-refractivity contribution in [3.63, 3.8) is 0 Å². The lowest BCUT2D eigenvalue weighted by molar-refractivity contribution is -0.128. The Hall–Kier alpha value is -3.44. The van der Waals surface area contributed by atoms with E-state index in [2.05, 4.69) is 29.2 Å². The van der Waals surface area contributed by atoms with Gasteiger partial charge in [0, 0.05) is 13.0 Å². The number of sulfonamides is 1. The number of hydrogen-bond acceptors (Lipinski definition) is 5. The summed E-state index contributed by atoms with van der Waals surface area (Å²) in [5.74, 6) is -1.58. The molecule has 0 aliphatic carbocycles. The quantitative estimate of drug-likeness (QED) is 0.106. The van der Waals surface area contributed by atoms with Crippen LogP contribution in [0.3, 0.4) is 0 Å². The fourth-order valence-electron chi connectivity index (χ4n) is 4.56. The number of benzene rings is 2. The van der Waals surface area contributed by atoms with Gasteiger partial charge in [-0.05, 0) is 52.8 Å². The van der Waals surface area contributed by atoms with Crippen molar-refractivity contribution in [1.29, 1.82) is 5.41 Å². The third-order valence-corrected chi connectivity index (χ3v) is 8.49. The first kappa shape index (κ1) is 33.8. The van der Waals surface area contributed by atoms with E-state index in [4.69, 9.17) is 16.9 Å². The largest absolute Gasteiger partial charge is 0.370 e. The summed E-state index contributed by atoms with van der Waals surface area (Å²) >= 11 is 0. The lowest BCUT2D eigenvalue weighted by atomic mass is 9.89. The van der Waals surface area contributed by atoms with Gasteiger partial charge < -0.3 is 22.1 Å². The Morgan fingerprint density at radius 1 is 0.878 bits per heavy atom. The predicted octanol–water partition coefficient (Wildman–Crippen LogP) is 3.18. The number of guanidine groups is 1. The molecule has 0 saturated heterocycles. The van der Waals surface area contributed by atoms with Crippen LogP contribution in [0.5, 0.6) is 0 Å². The van der Waals surface area contributed by atoms with Gasteiger partial charge in [0.15, 0.2) is 5.96 Å². The number of carbonyl (C=O) groups is 2. The molecule has 0 aliphatic heterocycles. The summed E-state index contributed by atoms with van der Waals surface area (Å²) in [6.45, 7) is 12.2. The highest BCUT2D eigenvalue weighted by molar-refractivity contribution is 7.89. The molecule has 0 radical (unpaired) electrons. The van der Waals surface area contributed by atoms with Gasteiger partial charge in [0.05, 0.1) is 4.90 Å². The molecule has 11 heteroatoms.